The molecule has 8 heteroatoms. The van der Waals surface area contributed by atoms with Crippen LogP contribution in [-0.4, -0.2) is 41.7 Å². The molecule has 0 atom stereocenters. The van der Waals surface area contributed by atoms with E-state index in [1.807, 2.05) is 36.4 Å². The number of benzene rings is 2. The van der Waals surface area contributed by atoms with E-state index in [4.69, 9.17) is 4.74 Å². The Morgan fingerprint density at radius 1 is 0.971 bits per heavy atom. The Morgan fingerprint density at radius 3 is 2.41 bits per heavy atom. The Labute approximate surface area is 199 Å². The van der Waals surface area contributed by atoms with Crippen molar-refractivity contribution in [3.05, 3.63) is 60.7 Å². The molecule has 1 aliphatic rings. The number of aromatic nitrogens is 2. The average molecular weight is 460 g/mol. The van der Waals surface area contributed by atoms with Gasteiger partial charge in [0.25, 0.3) is 5.91 Å². The van der Waals surface area contributed by atoms with Gasteiger partial charge in [0.05, 0.1) is 5.69 Å². The Morgan fingerprint density at radius 2 is 1.71 bits per heavy atom. The van der Waals surface area contributed by atoms with Gasteiger partial charge in [-0.15, -0.1) is 10.2 Å². The number of nitrogens with one attached hydrogen (secondary N) is 2. The lowest BCUT2D eigenvalue weighted by Crippen LogP contribution is -2.33. The molecular formula is C26H29N5O3. The molecule has 0 unspecified atom stereocenters. The smallest absolute Gasteiger partial charge is 0.262 e. The Bertz CT molecular complexity index is 1140. The van der Waals surface area contributed by atoms with Gasteiger partial charge in [-0.3, -0.25) is 9.59 Å². The van der Waals surface area contributed by atoms with E-state index in [1.54, 1.807) is 24.3 Å². The molecule has 2 amide bonds. The van der Waals surface area contributed by atoms with Gasteiger partial charge in [0.2, 0.25) is 5.91 Å². The van der Waals surface area contributed by atoms with Crippen molar-refractivity contribution in [3.8, 4) is 17.0 Å². The van der Waals surface area contributed by atoms with Crippen LogP contribution in [0.4, 0.5) is 17.2 Å². The van der Waals surface area contributed by atoms with E-state index >= 15 is 0 Å². The molecule has 2 aromatic carbocycles. The minimum atomic E-state index is -0.289. The SMILES string of the molecule is CC(=O)Nc1cccc(OCC(=O)Nc2cccc(-c3ccc(N4CCC(C)CC4)nn3)c2)c1. The highest BCUT2D eigenvalue weighted by molar-refractivity contribution is 5.92. The van der Waals surface area contributed by atoms with Gasteiger partial charge in [0.1, 0.15) is 5.75 Å². The van der Waals surface area contributed by atoms with Gasteiger partial charge in [0, 0.05) is 43.0 Å². The summed E-state index contributed by atoms with van der Waals surface area (Å²) in [6.07, 6.45) is 2.35. The van der Waals surface area contributed by atoms with Crippen molar-refractivity contribution in [3.63, 3.8) is 0 Å². The number of carbonyl (C=O) groups excluding carboxylic acids is 2. The molecule has 0 aliphatic carbocycles. The van der Waals surface area contributed by atoms with E-state index in [0.29, 0.717) is 17.1 Å². The van der Waals surface area contributed by atoms with Gasteiger partial charge >= 0.3 is 0 Å². The van der Waals surface area contributed by atoms with Crippen molar-refractivity contribution in [2.24, 2.45) is 5.92 Å². The maximum absolute atomic E-state index is 12.4. The number of rotatable bonds is 7. The van der Waals surface area contributed by atoms with Gasteiger partial charge in [-0.05, 0) is 55.2 Å². The van der Waals surface area contributed by atoms with Crippen LogP contribution in [0, 0.1) is 5.92 Å². The van der Waals surface area contributed by atoms with E-state index in [0.717, 1.165) is 36.1 Å². The zero-order valence-corrected chi connectivity index (χ0v) is 19.5. The van der Waals surface area contributed by atoms with Crippen molar-refractivity contribution >= 4 is 29.0 Å². The van der Waals surface area contributed by atoms with Crippen LogP contribution < -0.4 is 20.3 Å². The van der Waals surface area contributed by atoms with Crippen LogP contribution in [0.2, 0.25) is 0 Å². The van der Waals surface area contributed by atoms with Crippen molar-refractivity contribution in [2.75, 3.05) is 35.2 Å². The minimum absolute atomic E-state index is 0.156. The van der Waals surface area contributed by atoms with Crippen LogP contribution >= 0.6 is 0 Å². The third kappa shape index (κ3) is 6.31. The molecule has 34 heavy (non-hydrogen) atoms. The van der Waals surface area contributed by atoms with Gasteiger partial charge in [-0.25, -0.2) is 0 Å². The summed E-state index contributed by atoms with van der Waals surface area (Å²) < 4.78 is 5.56. The monoisotopic (exact) mass is 459 g/mol. The fourth-order valence-electron chi connectivity index (χ4n) is 3.85. The van der Waals surface area contributed by atoms with E-state index < -0.39 is 0 Å². The molecule has 176 valence electrons. The molecule has 3 aromatic rings. The van der Waals surface area contributed by atoms with Gasteiger partial charge < -0.3 is 20.3 Å². The molecule has 0 radical (unpaired) electrons. The first-order valence-electron chi connectivity index (χ1n) is 11.5. The van der Waals surface area contributed by atoms with Crippen molar-refractivity contribution in [2.45, 2.75) is 26.7 Å². The quantitative estimate of drug-likeness (QED) is 0.545. The van der Waals surface area contributed by atoms with Crippen molar-refractivity contribution in [1.82, 2.24) is 10.2 Å². The summed E-state index contributed by atoms with van der Waals surface area (Å²) in [6, 6.07) is 18.3. The summed E-state index contributed by atoms with van der Waals surface area (Å²) in [7, 11) is 0. The topological polar surface area (TPSA) is 96.4 Å². The fourth-order valence-corrected chi connectivity index (χ4v) is 3.85. The van der Waals surface area contributed by atoms with E-state index in [9.17, 15) is 9.59 Å². The lowest BCUT2D eigenvalue weighted by Gasteiger charge is -2.30. The third-order valence-electron chi connectivity index (χ3n) is 5.72. The largest absolute Gasteiger partial charge is 0.484 e. The van der Waals surface area contributed by atoms with E-state index in [2.05, 4.69) is 32.7 Å². The molecule has 2 heterocycles. The van der Waals surface area contributed by atoms with Crippen LogP contribution in [0.1, 0.15) is 26.7 Å². The molecule has 1 aliphatic heterocycles. The minimum Gasteiger partial charge on any atom is -0.484 e. The highest BCUT2D eigenvalue weighted by Gasteiger charge is 2.17. The Hall–Kier alpha value is -3.94. The summed E-state index contributed by atoms with van der Waals surface area (Å²) in [5.41, 5.74) is 2.87. The summed E-state index contributed by atoms with van der Waals surface area (Å²) in [6.45, 7) is 5.59. The predicted molar refractivity (Wildman–Crippen MR) is 133 cm³/mol. The number of carbonyl (C=O) groups is 2. The van der Waals surface area contributed by atoms with Crippen LogP contribution in [0.5, 0.6) is 5.75 Å². The van der Waals surface area contributed by atoms with Gasteiger partial charge in [-0.1, -0.05) is 25.1 Å². The lowest BCUT2D eigenvalue weighted by molar-refractivity contribution is -0.118. The van der Waals surface area contributed by atoms with E-state index in [1.165, 1.54) is 19.8 Å². The lowest BCUT2D eigenvalue weighted by atomic mass is 9.99. The molecule has 2 N–H and O–H groups in total. The number of piperidine rings is 1. The molecule has 1 fully saturated rings. The highest BCUT2D eigenvalue weighted by Crippen LogP contribution is 2.24. The number of anilines is 3. The average Bonchev–Trinajstić information content (AvgIpc) is 2.83. The molecule has 0 saturated carbocycles. The summed E-state index contributed by atoms with van der Waals surface area (Å²) >= 11 is 0. The first-order chi connectivity index (χ1) is 16.5. The molecular weight excluding hydrogens is 430 g/mol. The fraction of sp³-hybridized carbons (Fsp3) is 0.308. The molecule has 8 nitrogen and oxygen atoms in total. The van der Waals surface area contributed by atoms with Crippen LogP contribution in [0.25, 0.3) is 11.3 Å². The third-order valence-corrected chi connectivity index (χ3v) is 5.72. The van der Waals surface area contributed by atoms with Crippen LogP contribution in [0.3, 0.4) is 0 Å². The first-order valence-corrected chi connectivity index (χ1v) is 11.5. The number of nitrogens with zero attached hydrogens (tertiary/aromatic N) is 3. The zero-order chi connectivity index (χ0) is 23.9. The van der Waals surface area contributed by atoms with Crippen molar-refractivity contribution in [1.29, 1.82) is 0 Å². The summed E-state index contributed by atoms with van der Waals surface area (Å²) in [5, 5.41) is 14.4. The zero-order valence-electron chi connectivity index (χ0n) is 19.5. The maximum atomic E-state index is 12.4. The standard InChI is InChI=1S/C26H29N5O3/c1-18-11-13-31(14-12-18)25-10-9-24(29-30-25)20-5-3-6-21(15-20)28-26(33)17-34-23-8-4-7-22(16-23)27-19(2)32/h3-10,15-16,18H,11-14,17H2,1-2H3,(H,27,32)(H,28,33). The summed E-state index contributed by atoms with van der Waals surface area (Å²) in [4.78, 5) is 25.9. The van der Waals surface area contributed by atoms with Gasteiger partial charge in [-0.2, -0.15) is 0 Å². The number of amides is 2. The predicted octanol–water partition coefficient (Wildman–Crippen LogP) is 4.36. The molecule has 1 aromatic heterocycles. The second kappa shape index (κ2) is 10.8. The maximum Gasteiger partial charge on any atom is 0.262 e. The number of ether oxygens (including phenoxy) is 1. The molecule has 0 bridgehead atoms. The first kappa shape index (κ1) is 23.2. The van der Waals surface area contributed by atoms with Crippen molar-refractivity contribution < 1.29 is 14.3 Å². The van der Waals surface area contributed by atoms with Gasteiger partial charge in [0.15, 0.2) is 12.4 Å². The Kier molecular flexibility index (Phi) is 7.37. The highest BCUT2D eigenvalue weighted by atomic mass is 16.5. The number of hydrogen-bond donors (Lipinski definition) is 2. The molecule has 0 spiro atoms. The second-order valence-electron chi connectivity index (χ2n) is 8.57. The Balaban J connectivity index is 1.34. The van der Waals surface area contributed by atoms with Crippen LogP contribution in [0.15, 0.2) is 60.7 Å². The molecule has 1 saturated heterocycles. The van der Waals surface area contributed by atoms with E-state index in [-0.39, 0.29) is 18.4 Å². The second-order valence-corrected chi connectivity index (χ2v) is 8.57. The van der Waals surface area contributed by atoms with Crippen LogP contribution in [-0.2, 0) is 9.59 Å². The summed E-state index contributed by atoms with van der Waals surface area (Å²) in [5.74, 6) is 1.70. The normalized spacial score (nSPS) is 13.9. The number of hydrogen-bond acceptors (Lipinski definition) is 6. The molecule has 4 rings (SSSR count).